The molecule has 2 aliphatic rings. The average Bonchev–Trinajstić information content (AvgIpc) is 3.63. The third kappa shape index (κ3) is 7.36. The number of hydrogen-bond acceptors (Lipinski definition) is 5. The standard InChI is InChI=1S/C33H43N4O6PS/c1-7-20-15(2)25(36-33(20)43)12-23-16(3)21(8-10-29(38)39)26(34-23)14-27-22(9-11-30(40)41)17(4)24(35-27)13-28-31(19(6)45-44)18(5)32(42)37-28/h13-14,18-19,25,31,34-35H,7-12,44H2,1-6H3,(H,36,43)(H,38,39)(H,40,41)/b24-13-,27-14-/t18-,19?,25?,31?/m1/s1. The Bertz CT molecular complexity index is 1720. The number of aliphatic imine (C=N–C) groups is 1. The lowest BCUT2D eigenvalue weighted by atomic mass is 9.89. The van der Waals surface area contributed by atoms with Gasteiger partial charge in [-0.15, -0.1) is 11.4 Å². The molecule has 12 heteroatoms. The predicted octanol–water partition coefficient (Wildman–Crippen LogP) is 3.52. The van der Waals surface area contributed by atoms with E-state index < -0.39 is 11.9 Å². The summed E-state index contributed by atoms with van der Waals surface area (Å²) >= 11 is 1.60. The summed E-state index contributed by atoms with van der Waals surface area (Å²) in [6.45, 7) is 11.8. The molecule has 2 aromatic rings. The second kappa shape index (κ2) is 14.3. The molecular formula is C33H43N4O6PS. The summed E-state index contributed by atoms with van der Waals surface area (Å²) in [6.07, 6.45) is 5.50. The number of nitrogens with one attached hydrogen (secondary N) is 3. The van der Waals surface area contributed by atoms with E-state index in [4.69, 9.17) is 0 Å². The zero-order chi connectivity index (χ0) is 33.2. The summed E-state index contributed by atoms with van der Waals surface area (Å²) in [6, 6.07) is -0.155. The summed E-state index contributed by atoms with van der Waals surface area (Å²) in [5.41, 5.74) is 7.67. The maximum absolute atomic E-state index is 12.6. The van der Waals surface area contributed by atoms with Crippen molar-refractivity contribution < 1.29 is 29.4 Å². The van der Waals surface area contributed by atoms with Crippen molar-refractivity contribution >= 4 is 61.4 Å². The minimum Gasteiger partial charge on any atom is -0.481 e. The summed E-state index contributed by atoms with van der Waals surface area (Å²) in [7, 11) is 2.66. The van der Waals surface area contributed by atoms with Gasteiger partial charge in [0.2, 0.25) is 11.8 Å². The molecule has 0 fully saturated rings. The molecule has 5 N–H and O–H groups in total. The van der Waals surface area contributed by atoms with Crippen LogP contribution in [0.4, 0.5) is 0 Å². The van der Waals surface area contributed by atoms with Crippen LogP contribution in [0.15, 0.2) is 16.1 Å². The Morgan fingerprint density at radius 1 is 1.00 bits per heavy atom. The molecule has 0 radical (unpaired) electrons. The Kier molecular flexibility index (Phi) is 11.0. The van der Waals surface area contributed by atoms with E-state index in [9.17, 15) is 29.4 Å². The molecule has 0 saturated heterocycles. The SMILES string of the molecule is CCC1=C(C)C(Cc2[nH]c(/C=c3\[nH]/c(=C\C4=NC(=O)[C@H](C)C4C(C)SP)c(C)c3CCC(=O)O)c(CCC(=O)O)c2C)NC1=O. The molecule has 0 bridgehead atoms. The highest BCUT2D eigenvalue weighted by Crippen LogP contribution is 2.35. The summed E-state index contributed by atoms with van der Waals surface area (Å²) < 4.78 is 0. The number of H-pyrrole nitrogens is 2. The number of aromatic amines is 2. The molecule has 2 amide bonds. The molecule has 10 nitrogen and oxygen atoms in total. The van der Waals surface area contributed by atoms with E-state index in [-0.39, 0.29) is 54.2 Å². The van der Waals surface area contributed by atoms with Crippen molar-refractivity contribution in [2.24, 2.45) is 16.8 Å². The number of aliphatic carboxylic acids is 2. The fourth-order valence-electron chi connectivity index (χ4n) is 6.55. The zero-order valence-corrected chi connectivity index (χ0v) is 28.6. The van der Waals surface area contributed by atoms with Crippen LogP contribution < -0.4 is 16.0 Å². The molecule has 0 aromatic carbocycles. The van der Waals surface area contributed by atoms with Gasteiger partial charge in [0.1, 0.15) is 0 Å². The number of amides is 2. The third-order valence-corrected chi connectivity index (χ3v) is 11.3. The summed E-state index contributed by atoms with van der Waals surface area (Å²) in [4.78, 5) is 59.6. The minimum atomic E-state index is -0.910. The number of carboxylic acid groups (broad SMARTS) is 2. The molecule has 5 atom stereocenters. The van der Waals surface area contributed by atoms with Crippen molar-refractivity contribution in [3.8, 4) is 0 Å². The molecular weight excluding hydrogens is 611 g/mol. The summed E-state index contributed by atoms with van der Waals surface area (Å²) in [5.74, 6) is -2.30. The van der Waals surface area contributed by atoms with Gasteiger partial charge in [-0.1, -0.05) is 29.2 Å². The second-order valence-electron chi connectivity index (χ2n) is 12.0. The van der Waals surface area contributed by atoms with Crippen LogP contribution >= 0.6 is 19.8 Å². The molecule has 0 saturated carbocycles. The smallest absolute Gasteiger partial charge is 0.303 e. The molecule has 2 aliphatic heterocycles. The van der Waals surface area contributed by atoms with E-state index >= 15 is 0 Å². The fourth-order valence-corrected chi connectivity index (χ4v) is 7.61. The van der Waals surface area contributed by atoms with Gasteiger partial charge in [0.15, 0.2) is 0 Å². The second-order valence-corrected chi connectivity index (χ2v) is 13.9. The predicted molar refractivity (Wildman–Crippen MR) is 181 cm³/mol. The van der Waals surface area contributed by atoms with Gasteiger partial charge in [-0.05, 0) is 80.0 Å². The third-order valence-electron chi connectivity index (χ3n) is 9.30. The number of carbonyl (C=O) groups is 4. The van der Waals surface area contributed by atoms with E-state index in [2.05, 4.69) is 35.6 Å². The number of rotatable bonds is 13. The lowest BCUT2D eigenvalue weighted by molar-refractivity contribution is -0.138. The van der Waals surface area contributed by atoms with E-state index in [1.165, 1.54) is 0 Å². The highest BCUT2D eigenvalue weighted by molar-refractivity contribution is 8.44. The first-order valence-electron chi connectivity index (χ1n) is 15.3. The number of carbonyl (C=O) groups excluding carboxylic acids is 2. The Morgan fingerprint density at radius 2 is 1.64 bits per heavy atom. The Hall–Kier alpha value is -3.43. The van der Waals surface area contributed by atoms with Crippen molar-refractivity contribution in [3.05, 3.63) is 55.5 Å². The van der Waals surface area contributed by atoms with E-state index in [0.717, 1.165) is 50.1 Å². The largest absolute Gasteiger partial charge is 0.481 e. The maximum Gasteiger partial charge on any atom is 0.303 e. The molecule has 0 spiro atoms. The monoisotopic (exact) mass is 654 g/mol. The quantitative estimate of drug-likeness (QED) is 0.206. The number of aromatic nitrogens is 2. The van der Waals surface area contributed by atoms with Crippen molar-refractivity contribution in [2.45, 2.75) is 91.4 Å². The van der Waals surface area contributed by atoms with E-state index in [0.29, 0.717) is 30.3 Å². The van der Waals surface area contributed by atoms with Crippen LogP contribution in [0.2, 0.25) is 0 Å². The molecule has 4 rings (SSSR count). The van der Waals surface area contributed by atoms with Crippen molar-refractivity contribution in [3.63, 3.8) is 0 Å². The number of hydrogen-bond donors (Lipinski definition) is 5. The van der Waals surface area contributed by atoms with Gasteiger partial charge >= 0.3 is 11.9 Å². The molecule has 0 aliphatic carbocycles. The van der Waals surface area contributed by atoms with Crippen molar-refractivity contribution in [1.29, 1.82) is 0 Å². The molecule has 4 heterocycles. The molecule has 4 unspecified atom stereocenters. The highest BCUT2D eigenvalue weighted by atomic mass is 32.7. The lowest BCUT2D eigenvalue weighted by Gasteiger charge is -2.20. The van der Waals surface area contributed by atoms with E-state index in [1.54, 1.807) is 11.4 Å². The van der Waals surface area contributed by atoms with Gasteiger partial charge in [0.25, 0.3) is 0 Å². The Labute approximate surface area is 269 Å². The summed E-state index contributed by atoms with van der Waals surface area (Å²) in [5, 5.41) is 23.7. The zero-order valence-electron chi connectivity index (χ0n) is 26.7. The van der Waals surface area contributed by atoms with Crippen LogP contribution in [0.1, 0.15) is 80.6 Å². The van der Waals surface area contributed by atoms with Crippen molar-refractivity contribution in [1.82, 2.24) is 15.3 Å². The molecule has 45 heavy (non-hydrogen) atoms. The van der Waals surface area contributed by atoms with Crippen LogP contribution in [0, 0.1) is 25.7 Å². The first-order valence-corrected chi connectivity index (χ1v) is 17.7. The first kappa shape index (κ1) is 34.4. The van der Waals surface area contributed by atoms with Gasteiger partial charge in [0.05, 0.1) is 11.8 Å². The first-order chi connectivity index (χ1) is 21.3. The molecule has 2 aromatic heterocycles. The van der Waals surface area contributed by atoms with Crippen molar-refractivity contribution in [2.75, 3.05) is 0 Å². The Balaban J connectivity index is 1.85. The van der Waals surface area contributed by atoms with Gasteiger partial charge in [0, 0.05) is 64.0 Å². The number of carboxylic acids is 2. The maximum atomic E-state index is 12.6. The van der Waals surface area contributed by atoms with E-state index in [1.807, 2.05) is 46.8 Å². The van der Waals surface area contributed by atoms with Crippen LogP contribution in [-0.2, 0) is 38.4 Å². The average molecular weight is 655 g/mol. The number of nitrogens with zero attached hydrogens (tertiary/aromatic N) is 1. The van der Waals surface area contributed by atoms with Crippen LogP contribution in [-0.4, -0.2) is 60.9 Å². The Morgan fingerprint density at radius 3 is 2.22 bits per heavy atom. The van der Waals surface area contributed by atoms with Gasteiger partial charge in [-0.3, -0.25) is 19.2 Å². The highest BCUT2D eigenvalue weighted by Gasteiger charge is 2.37. The van der Waals surface area contributed by atoms with Gasteiger partial charge < -0.3 is 25.5 Å². The normalized spacial score (nSPS) is 21.6. The minimum absolute atomic E-state index is 0.0494. The fraction of sp³-hybridized carbons (Fsp3) is 0.485. The lowest BCUT2D eigenvalue weighted by Crippen LogP contribution is -2.30. The van der Waals surface area contributed by atoms with Gasteiger partial charge in [-0.25, -0.2) is 4.99 Å². The van der Waals surface area contributed by atoms with Crippen LogP contribution in [0.5, 0.6) is 0 Å². The molecule has 242 valence electrons. The topological polar surface area (TPSA) is 165 Å². The van der Waals surface area contributed by atoms with Crippen LogP contribution in [0.3, 0.4) is 0 Å². The van der Waals surface area contributed by atoms with Crippen LogP contribution in [0.25, 0.3) is 12.2 Å². The van der Waals surface area contributed by atoms with Gasteiger partial charge in [-0.2, -0.15) is 0 Å².